The Morgan fingerprint density at radius 2 is 1.89 bits per heavy atom. The van der Waals surface area contributed by atoms with E-state index in [0.29, 0.717) is 18.9 Å². The molecule has 2 rings (SSSR count). The van der Waals surface area contributed by atoms with Crippen LogP contribution in [0.15, 0.2) is 0 Å². The first-order chi connectivity index (χ1) is 8.58. The van der Waals surface area contributed by atoms with E-state index in [2.05, 4.69) is 12.2 Å². The predicted molar refractivity (Wildman–Crippen MR) is 70.0 cm³/mol. The van der Waals surface area contributed by atoms with Crippen molar-refractivity contribution in [1.29, 1.82) is 0 Å². The van der Waals surface area contributed by atoms with E-state index in [1.54, 1.807) is 7.05 Å². The number of hydrogen-bond acceptors (Lipinski definition) is 3. The van der Waals surface area contributed by atoms with E-state index < -0.39 is 0 Å². The van der Waals surface area contributed by atoms with E-state index in [-0.39, 0.29) is 17.9 Å². The van der Waals surface area contributed by atoms with Crippen LogP contribution in [0.3, 0.4) is 0 Å². The summed E-state index contributed by atoms with van der Waals surface area (Å²) in [6, 6.07) is 0.302. The number of carbonyl (C=O) groups excluding carboxylic acids is 2. The number of rotatable bonds is 2. The Labute approximate surface area is 109 Å². The number of hydrogen-bond donors (Lipinski definition) is 1. The normalized spacial score (nSPS) is 34.6. The summed E-state index contributed by atoms with van der Waals surface area (Å²) in [6.07, 6.45) is 7.25. The molecule has 0 radical (unpaired) electrons. The molecule has 102 valence electrons. The summed E-state index contributed by atoms with van der Waals surface area (Å²) in [5.74, 6) is 0.708. The van der Waals surface area contributed by atoms with Crippen molar-refractivity contribution < 1.29 is 9.59 Å². The summed E-state index contributed by atoms with van der Waals surface area (Å²) in [5, 5.41) is 3.48. The van der Waals surface area contributed by atoms with Gasteiger partial charge in [-0.3, -0.25) is 14.5 Å². The summed E-state index contributed by atoms with van der Waals surface area (Å²) in [4.78, 5) is 24.7. The average Bonchev–Trinajstić information content (AvgIpc) is 2.55. The number of nitrogens with one attached hydrogen (secondary N) is 1. The van der Waals surface area contributed by atoms with Gasteiger partial charge in [-0.25, -0.2) is 0 Å². The van der Waals surface area contributed by atoms with E-state index in [1.165, 1.54) is 24.2 Å². The minimum Gasteiger partial charge on any atom is -0.303 e. The second-order valence-corrected chi connectivity index (χ2v) is 5.86. The summed E-state index contributed by atoms with van der Waals surface area (Å²) in [5.41, 5.74) is 0. The third kappa shape index (κ3) is 3.10. The van der Waals surface area contributed by atoms with Crippen molar-refractivity contribution in [2.45, 2.75) is 64.0 Å². The maximum Gasteiger partial charge on any atom is 0.246 e. The lowest BCUT2D eigenvalue weighted by molar-refractivity contribution is -0.148. The molecule has 1 saturated carbocycles. The number of likely N-dealkylation sites (N-methyl/N-ethyl adjacent to an activating group) is 1. The molecule has 1 saturated heterocycles. The zero-order chi connectivity index (χ0) is 13.1. The van der Waals surface area contributed by atoms with Crippen molar-refractivity contribution in [2.75, 3.05) is 7.05 Å². The van der Waals surface area contributed by atoms with E-state index in [0.717, 1.165) is 18.8 Å². The van der Waals surface area contributed by atoms with Gasteiger partial charge in [-0.1, -0.05) is 19.8 Å². The van der Waals surface area contributed by atoms with Crippen LogP contribution in [0.5, 0.6) is 0 Å². The fourth-order valence-corrected chi connectivity index (χ4v) is 3.01. The van der Waals surface area contributed by atoms with Crippen molar-refractivity contribution in [3.8, 4) is 0 Å². The zero-order valence-corrected chi connectivity index (χ0v) is 11.4. The van der Waals surface area contributed by atoms with Crippen LogP contribution in [0.1, 0.15) is 51.9 Å². The molecular formula is C14H24N2O2. The highest BCUT2D eigenvalue weighted by atomic mass is 16.2. The van der Waals surface area contributed by atoms with E-state index in [1.807, 2.05) is 0 Å². The van der Waals surface area contributed by atoms with Gasteiger partial charge in [0.15, 0.2) is 0 Å². The van der Waals surface area contributed by atoms with Crippen molar-refractivity contribution in [1.82, 2.24) is 10.2 Å². The summed E-state index contributed by atoms with van der Waals surface area (Å²) in [6.45, 7) is 2.31. The fraction of sp³-hybridized carbons (Fsp3) is 0.857. The number of amides is 2. The number of piperidine rings is 1. The Morgan fingerprint density at radius 1 is 1.11 bits per heavy atom. The first-order valence-corrected chi connectivity index (χ1v) is 7.14. The van der Waals surface area contributed by atoms with E-state index >= 15 is 0 Å². The minimum atomic E-state index is -0.147. The van der Waals surface area contributed by atoms with Gasteiger partial charge < -0.3 is 5.32 Å². The second-order valence-electron chi connectivity index (χ2n) is 5.86. The summed E-state index contributed by atoms with van der Waals surface area (Å²) >= 11 is 0. The SMILES string of the molecule is CC1CCCC(NC2CCC(=O)N(C)C2=O)CC1. The topological polar surface area (TPSA) is 49.4 Å². The molecule has 0 bridgehead atoms. The van der Waals surface area contributed by atoms with Crippen LogP contribution in [0.25, 0.3) is 0 Å². The van der Waals surface area contributed by atoms with Crippen LogP contribution >= 0.6 is 0 Å². The lowest BCUT2D eigenvalue weighted by Crippen LogP contribution is -2.53. The molecule has 2 aliphatic rings. The van der Waals surface area contributed by atoms with Crippen LogP contribution in [-0.4, -0.2) is 35.8 Å². The van der Waals surface area contributed by atoms with Gasteiger partial charge in [0.05, 0.1) is 6.04 Å². The Balaban J connectivity index is 1.89. The molecule has 1 N–H and O–H groups in total. The lowest BCUT2D eigenvalue weighted by Gasteiger charge is -2.31. The number of carbonyl (C=O) groups is 2. The molecule has 4 nitrogen and oxygen atoms in total. The van der Waals surface area contributed by atoms with Gasteiger partial charge in [-0.2, -0.15) is 0 Å². The van der Waals surface area contributed by atoms with Gasteiger partial charge in [-0.05, 0) is 31.6 Å². The summed E-state index contributed by atoms with van der Waals surface area (Å²) < 4.78 is 0. The molecule has 2 amide bonds. The fourth-order valence-electron chi connectivity index (χ4n) is 3.01. The Morgan fingerprint density at radius 3 is 2.67 bits per heavy atom. The number of likely N-dealkylation sites (tertiary alicyclic amines) is 1. The second kappa shape index (κ2) is 5.83. The largest absolute Gasteiger partial charge is 0.303 e. The predicted octanol–water partition coefficient (Wildman–Crippen LogP) is 1.69. The third-order valence-corrected chi connectivity index (χ3v) is 4.34. The quantitative estimate of drug-likeness (QED) is 0.601. The van der Waals surface area contributed by atoms with Gasteiger partial charge in [0.25, 0.3) is 0 Å². The molecule has 1 aliphatic heterocycles. The molecule has 3 atom stereocenters. The van der Waals surface area contributed by atoms with Crippen LogP contribution in [-0.2, 0) is 9.59 Å². The van der Waals surface area contributed by atoms with Crippen LogP contribution in [0.4, 0.5) is 0 Å². The molecule has 0 aromatic rings. The molecule has 18 heavy (non-hydrogen) atoms. The average molecular weight is 252 g/mol. The first-order valence-electron chi connectivity index (χ1n) is 7.14. The highest BCUT2D eigenvalue weighted by Crippen LogP contribution is 2.24. The van der Waals surface area contributed by atoms with Crippen molar-refractivity contribution >= 4 is 11.8 Å². The number of nitrogens with zero attached hydrogens (tertiary/aromatic N) is 1. The molecule has 2 fully saturated rings. The molecule has 1 aliphatic carbocycles. The van der Waals surface area contributed by atoms with E-state index in [4.69, 9.17) is 0 Å². The first kappa shape index (κ1) is 13.5. The highest BCUT2D eigenvalue weighted by molar-refractivity contribution is 6.00. The van der Waals surface area contributed by atoms with Crippen molar-refractivity contribution in [3.05, 3.63) is 0 Å². The van der Waals surface area contributed by atoms with Crippen molar-refractivity contribution in [3.63, 3.8) is 0 Å². The Hall–Kier alpha value is -0.900. The maximum atomic E-state index is 12.0. The monoisotopic (exact) mass is 252 g/mol. The molecule has 1 heterocycles. The molecular weight excluding hydrogens is 228 g/mol. The van der Waals surface area contributed by atoms with Crippen molar-refractivity contribution in [2.24, 2.45) is 5.92 Å². The Kier molecular flexibility index (Phi) is 4.38. The maximum absolute atomic E-state index is 12.0. The van der Waals surface area contributed by atoms with Gasteiger partial charge in [0.2, 0.25) is 11.8 Å². The smallest absolute Gasteiger partial charge is 0.246 e. The molecule has 4 heteroatoms. The molecule has 0 aromatic heterocycles. The van der Waals surface area contributed by atoms with Crippen LogP contribution in [0, 0.1) is 5.92 Å². The van der Waals surface area contributed by atoms with Gasteiger partial charge in [0.1, 0.15) is 0 Å². The van der Waals surface area contributed by atoms with E-state index in [9.17, 15) is 9.59 Å². The molecule has 0 aromatic carbocycles. The Bertz CT molecular complexity index is 330. The standard InChI is InChI=1S/C14H24N2O2/c1-10-4-3-5-11(7-6-10)15-12-8-9-13(17)16(2)14(12)18/h10-12,15H,3-9H2,1-2H3. The molecule has 0 spiro atoms. The lowest BCUT2D eigenvalue weighted by atomic mass is 10.0. The highest BCUT2D eigenvalue weighted by Gasteiger charge is 2.33. The molecule has 3 unspecified atom stereocenters. The zero-order valence-electron chi connectivity index (χ0n) is 11.4. The van der Waals surface area contributed by atoms with Gasteiger partial charge >= 0.3 is 0 Å². The summed E-state index contributed by atoms with van der Waals surface area (Å²) in [7, 11) is 1.59. The number of imide groups is 1. The van der Waals surface area contributed by atoms with Crippen LogP contribution < -0.4 is 5.32 Å². The van der Waals surface area contributed by atoms with Crippen LogP contribution in [0.2, 0.25) is 0 Å². The van der Waals surface area contributed by atoms with Gasteiger partial charge in [0, 0.05) is 19.5 Å². The minimum absolute atomic E-state index is 0.0486. The van der Waals surface area contributed by atoms with Gasteiger partial charge in [-0.15, -0.1) is 0 Å². The third-order valence-electron chi connectivity index (χ3n) is 4.34.